The molecule has 0 radical (unpaired) electrons. The molecule has 0 fully saturated rings. The molecule has 0 aliphatic rings. The summed E-state index contributed by atoms with van der Waals surface area (Å²) < 4.78 is 14.7. The number of aliphatic hydroxyl groups excluding tert-OH is 1. The number of nitrogens with zero attached hydrogens (tertiary/aromatic N) is 1. The predicted octanol–water partition coefficient (Wildman–Crippen LogP) is 2.68. The lowest BCUT2D eigenvalue weighted by Gasteiger charge is -2.13. The highest BCUT2D eigenvalue weighted by Crippen LogP contribution is 2.23. The van der Waals surface area contributed by atoms with Crippen molar-refractivity contribution in [1.82, 2.24) is 10.3 Å². The molecule has 2 rings (SSSR count). The summed E-state index contributed by atoms with van der Waals surface area (Å²) >= 11 is 2.02. The molecule has 7 heteroatoms. The van der Waals surface area contributed by atoms with Crippen LogP contribution >= 0.6 is 22.6 Å². The van der Waals surface area contributed by atoms with Gasteiger partial charge in [-0.2, -0.15) is 0 Å². The molecule has 2 aromatic rings. The predicted molar refractivity (Wildman–Crippen MR) is 90.7 cm³/mol. The molecular weight excluding hydrogens is 400 g/mol. The maximum Gasteiger partial charge on any atom is 0.253 e. The molecule has 116 valence electrons. The minimum atomic E-state index is -0.643. The lowest BCUT2D eigenvalue weighted by atomic mass is 10.2. The van der Waals surface area contributed by atoms with Crippen LogP contribution in [0.1, 0.15) is 17.3 Å². The first-order valence-electron chi connectivity index (χ1n) is 6.59. The third-order valence-corrected chi connectivity index (χ3v) is 3.50. The minimum Gasteiger partial charge on any atom is -0.392 e. The Hall–Kier alpha value is -1.74. The van der Waals surface area contributed by atoms with E-state index in [4.69, 9.17) is 0 Å². The third-order valence-electron chi connectivity index (χ3n) is 2.82. The number of rotatable bonds is 5. The van der Waals surface area contributed by atoms with Gasteiger partial charge in [0, 0.05) is 16.3 Å². The Bertz CT molecular complexity index is 680. The van der Waals surface area contributed by atoms with Gasteiger partial charge in [-0.25, -0.2) is 4.39 Å². The van der Waals surface area contributed by atoms with Crippen LogP contribution in [0, 0.1) is 9.39 Å². The van der Waals surface area contributed by atoms with Crippen LogP contribution in [0.4, 0.5) is 15.8 Å². The smallest absolute Gasteiger partial charge is 0.253 e. The van der Waals surface area contributed by atoms with Gasteiger partial charge in [-0.3, -0.25) is 9.78 Å². The van der Waals surface area contributed by atoms with Crippen molar-refractivity contribution in [3.8, 4) is 0 Å². The maximum atomic E-state index is 13.9. The monoisotopic (exact) mass is 415 g/mol. The van der Waals surface area contributed by atoms with Gasteiger partial charge in [0.15, 0.2) is 0 Å². The van der Waals surface area contributed by atoms with Crippen LogP contribution < -0.4 is 10.6 Å². The van der Waals surface area contributed by atoms with E-state index in [2.05, 4.69) is 15.6 Å². The molecule has 1 aromatic carbocycles. The first-order valence-corrected chi connectivity index (χ1v) is 7.67. The molecule has 0 bridgehead atoms. The molecule has 0 unspecified atom stereocenters. The number of carbonyl (C=O) groups excluding carboxylic acids is 1. The van der Waals surface area contributed by atoms with Crippen LogP contribution in [0.3, 0.4) is 0 Å². The van der Waals surface area contributed by atoms with E-state index in [9.17, 15) is 14.3 Å². The number of hydrogen-bond acceptors (Lipinski definition) is 4. The van der Waals surface area contributed by atoms with Crippen molar-refractivity contribution in [2.45, 2.75) is 13.0 Å². The summed E-state index contributed by atoms with van der Waals surface area (Å²) in [5.41, 5.74) is 0.984. The molecule has 3 N–H and O–H groups in total. The number of pyridine rings is 1. The second-order valence-corrected chi connectivity index (χ2v) is 5.98. The Morgan fingerprint density at radius 3 is 2.86 bits per heavy atom. The van der Waals surface area contributed by atoms with Gasteiger partial charge in [-0.15, -0.1) is 0 Å². The molecule has 1 amide bonds. The van der Waals surface area contributed by atoms with Crippen LogP contribution in [0.15, 0.2) is 36.7 Å². The molecule has 5 nitrogen and oxygen atoms in total. The van der Waals surface area contributed by atoms with Crippen molar-refractivity contribution in [2.75, 3.05) is 11.9 Å². The lowest BCUT2D eigenvalue weighted by Crippen LogP contribution is -2.31. The minimum absolute atomic E-state index is 0.137. The summed E-state index contributed by atoms with van der Waals surface area (Å²) in [5, 5.41) is 14.7. The molecule has 1 heterocycles. The fraction of sp³-hybridized carbons (Fsp3) is 0.200. The van der Waals surface area contributed by atoms with E-state index in [0.717, 1.165) is 3.57 Å². The standard InChI is InChI=1S/C15H15FIN3O2/c1-9(21)7-19-15(22)11-4-5-18-8-14(11)20-13-3-2-10(17)6-12(13)16/h2-6,8-9,20-21H,7H2,1H3,(H,19,22)/t9-/m1/s1. The number of hydrogen-bond donors (Lipinski definition) is 3. The molecule has 22 heavy (non-hydrogen) atoms. The molecular formula is C15H15FIN3O2. The van der Waals surface area contributed by atoms with E-state index in [1.807, 2.05) is 22.6 Å². The number of nitrogens with one attached hydrogen (secondary N) is 2. The molecule has 0 aliphatic heterocycles. The Balaban J connectivity index is 2.22. The zero-order chi connectivity index (χ0) is 16.1. The van der Waals surface area contributed by atoms with E-state index >= 15 is 0 Å². The summed E-state index contributed by atoms with van der Waals surface area (Å²) in [4.78, 5) is 16.1. The zero-order valence-corrected chi connectivity index (χ0v) is 14.0. The van der Waals surface area contributed by atoms with Gasteiger partial charge >= 0.3 is 0 Å². The fourth-order valence-electron chi connectivity index (χ4n) is 1.76. The van der Waals surface area contributed by atoms with Crippen molar-refractivity contribution in [3.63, 3.8) is 0 Å². The van der Waals surface area contributed by atoms with Crippen LogP contribution in [-0.4, -0.2) is 28.6 Å². The number of aromatic nitrogens is 1. The third kappa shape index (κ3) is 4.38. The van der Waals surface area contributed by atoms with Gasteiger partial charge < -0.3 is 15.7 Å². The lowest BCUT2D eigenvalue weighted by molar-refractivity contribution is 0.0925. The zero-order valence-electron chi connectivity index (χ0n) is 11.8. The number of carbonyl (C=O) groups is 1. The van der Waals surface area contributed by atoms with Crippen molar-refractivity contribution < 1.29 is 14.3 Å². The number of amides is 1. The van der Waals surface area contributed by atoms with E-state index in [1.54, 1.807) is 19.1 Å². The highest BCUT2D eigenvalue weighted by molar-refractivity contribution is 14.1. The highest BCUT2D eigenvalue weighted by Gasteiger charge is 2.13. The average Bonchev–Trinajstić information content (AvgIpc) is 2.48. The van der Waals surface area contributed by atoms with Gasteiger partial charge in [0.25, 0.3) is 5.91 Å². The van der Waals surface area contributed by atoms with E-state index < -0.39 is 11.9 Å². The van der Waals surface area contributed by atoms with Gasteiger partial charge in [-0.05, 0) is 53.8 Å². The summed E-state index contributed by atoms with van der Waals surface area (Å²) in [6.45, 7) is 1.71. The SMILES string of the molecule is C[C@@H](O)CNC(=O)c1ccncc1Nc1ccc(I)cc1F. The van der Waals surface area contributed by atoms with Gasteiger partial charge in [0.2, 0.25) is 0 Å². The van der Waals surface area contributed by atoms with E-state index in [1.165, 1.54) is 24.5 Å². The summed E-state index contributed by atoms with van der Waals surface area (Å²) in [5.74, 6) is -0.775. The number of halogens is 2. The van der Waals surface area contributed by atoms with Crippen molar-refractivity contribution in [1.29, 1.82) is 0 Å². The first kappa shape index (κ1) is 16.6. The molecule has 0 saturated heterocycles. The Kier molecular flexibility index (Phi) is 5.67. The number of anilines is 2. The molecule has 0 aliphatic carbocycles. The number of aliphatic hydroxyl groups is 1. The molecule has 1 aromatic heterocycles. The van der Waals surface area contributed by atoms with Crippen LogP contribution in [0.2, 0.25) is 0 Å². The topological polar surface area (TPSA) is 74.2 Å². The van der Waals surface area contributed by atoms with Crippen molar-refractivity contribution in [2.24, 2.45) is 0 Å². The largest absolute Gasteiger partial charge is 0.392 e. The normalized spacial score (nSPS) is 11.8. The molecule has 0 spiro atoms. The highest BCUT2D eigenvalue weighted by atomic mass is 127. The molecule has 1 atom stereocenters. The maximum absolute atomic E-state index is 13.9. The second-order valence-electron chi connectivity index (χ2n) is 4.73. The van der Waals surface area contributed by atoms with Crippen LogP contribution in [-0.2, 0) is 0 Å². The van der Waals surface area contributed by atoms with Crippen LogP contribution in [0.25, 0.3) is 0 Å². The summed E-state index contributed by atoms with van der Waals surface area (Å²) in [6, 6.07) is 6.29. The van der Waals surface area contributed by atoms with Crippen molar-refractivity contribution >= 4 is 39.9 Å². The van der Waals surface area contributed by atoms with Gasteiger partial charge in [0.05, 0.1) is 29.2 Å². The molecule has 0 saturated carbocycles. The van der Waals surface area contributed by atoms with Crippen LogP contribution in [0.5, 0.6) is 0 Å². The summed E-state index contributed by atoms with van der Waals surface area (Å²) in [7, 11) is 0. The average molecular weight is 415 g/mol. The number of benzene rings is 1. The first-order chi connectivity index (χ1) is 10.5. The fourth-order valence-corrected chi connectivity index (χ4v) is 2.22. The quantitative estimate of drug-likeness (QED) is 0.657. The Morgan fingerprint density at radius 2 is 2.18 bits per heavy atom. The van der Waals surface area contributed by atoms with E-state index in [-0.39, 0.29) is 18.1 Å². The summed E-state index contributed by atoms with van der Waals surface area (Å²) in [6.07, 6.45) is 2.29. The van der Waals surface area contributed by atoms with Gasteiger partial charge in [-0.1, -0.05) is 0 Å². The van der Waals surface area contributed by atoms with E-state index in [0.29, 0.717) is 11.3 Å². The Morgan fingerprint density at radius 1 is 1.41 bits per heavy atom. The second kappa shape index (κ2) is 7.50. The Labute approximate surface area is 141 Å². The van der Waals surface area contributed by atoms with Crippen molar-refractivity contribution in [3.05, 3.63) is 51.6 Å². The van der Waals surface area contributed by atoms with Gasteiger partial charge in [0.1, 0.15) is 5.82 Å².